The third-order valence-corrected chi connectivity index (χ3v) is 3.09. The lowest BCUT2D eigenvalue weighted by Crippen LogP contribution is -2.16. The highest BCUT2D eigenvalue weighted by Crippen LogP contribution is 2.20. The Morgan fingerprint density at radius 2 is 2.50 bits per heavy atom. The summed E-state index contributed by atoms with van der Waals surface area (Å²) in [5.74, 6) is -0.340. The normalized spacial score (nSPS) is 21.2. The lowest BCUT2D eigenvalue weighted by molar-refractivity contribution is 0.0695. The van der Waals surface area contributed by atoms with Gasteiger partial charge in [-0.25, -0.2) is 4.79 Å². The second kappa shape index (κ2) is 4.61. The summed E-state index contributed by atoms with van der Waals surface area (Å²) in [4.78, 5) is 17.5. The summed E-state index contributed by atoms with van der Waals surface area (Å²) in [7, 11) is 2.09. The fraction of sp³-hybridized carbons (Fsp3) is 0.500. The van der Waals surface area contributed by atoms with Crippen molar-refractivity contribution in [2.75, 3.05) is 20.1 Å². The molecule has 0 spiro atoms. The van der Waals surface area contributed by atoms with Crippen LogP contribution in [0.5, 0.6) is 0 Å². The molecule has 1 unspecified atom stereocenters. The van der Waals surface area contributed by atoms with Crippen LogP contribution in [0, 0.1) is 5.92 Å². The van der Waals surface area contributed by atoms with Crippen molar-refractivity contribution in [2.24, 2.45) is 5.92 Å². The minimum atomic E-state index is -0.880. The molecule has 0 radical (unpaired) electrons. The first-order valence-electron chi connectivity index (χ1n) is 5.52. The van der Waals surface area contributed by atoms with E-state index in [1.807, 2.05) is 0 Å². The van der Waals surface area contributed by atoms with Gasteiger partial charge in [0.2, 0.25) is 0 Å². The molecule has 86 valence electrons. The van der Waals surface area contributed by atoms with E-state index in [0.717, 1.165) is 31.6 Å². The molecule has 4 heteroatoms. The van der Waals surface area contributed by atoms with Crippen molar-refractivity contribution < 1.29 is 9.90 Å². The van der Waals surface area contributed by atoms with Crippen LogP contribution in [0.15, 0.2) is 18.3 Å². The average Bonchev–Trinajstić information content (AvgIpc) is 2.64. The molecule has 1 aromatic heterocycles. The molecule has 1 fully saturated rings. The van der Waals surface area contributed by atoms with Crippen LogP contribution in [-0.4, -0.2) is 41.1 Å². The predicted octanol–water partition coefficient (Wildman–Crippen LogP) is 1.27. The van der Waals surface area contributed by atoms with E-state index in [0.29, 0.717) is 11.5 Å². The molecule has 0 aromatic carbocycles. The van der Waals surface area contributed by atoms with Crippen molar-refractivity contribution >= 4 is 5.97 Å². The van der Waals surface area contributed by atoms with Crippen LogP contribution in [-0.2, 0) is 6.42 Å². The molecule has 2 heterocycles. The molecule has 16 heavy (non-hydrogen) atoms. The van der Waals surface area contributed by atoms with Gasteiger partial charge in [-0.1, -0.05) is 0 Å². The zero-order chi connectivity index (χ0) is 11.5. The van der Waals surface area contributed by atoms with Gasteiger partial charge in [0.1, 0.15) is 0 Å². The number of nitrogens with zero attached hydrogens (tertiary/aromatic N) is 2. The number of aromatic nitrogens is 1. The Morgan fingerprint density at radius 1 is 1.69 bits per heavy atom. The monoisotopic (exact) mass is 220 g/mol. The van der Waals surface area contributed by atoms with Crippen LogP contribution in [0.2, 0.25) is 0 Å². The van der Waals surface area contributed by atoms with Gasteiger partial charge in [0.15, 0.2) is 0 Å². The maximum atomic E-state index is 11.0. The SMILES string of the molecule is CN1CCC(Cc2ncccc2C(=O)O)C1. The zero-order valence-corrected chi connectivity index (χ0v) is 9.39. The van der Waals surface area contributed by atoms with Crippen LogP contribution in [0.25, 0.3) is 0 Å². The number of pyridine rings is 1. The lowest BCUT2D eigenvalue weighted by Gasteiger charge is -2.11. The number of carboxylic acids is 1. The first-order valence-corrected chi connectivity index (χ1v) is 5.52. The van der Waals surface area contributed by atoms with Crippen molar-refractivity contribution in [1.29, 1.82) is 0 Å². The molecule has 1 aliphatic heterocycles. The first-order chi connectivity index (χ1) is 7.66. The molecule has 1 saturated heterocycles. The zero-order valence-electron chi connectivity index (χ0n) is 9.39. The van der Waals surface area contributed by atoms with Gasteiger partial charge in [0.05, 0.1) is 11.3 Å². The predicted molar refractivity (Wildman–Crippen MR) is 60.5 cm³/mol. The lowest BCUT2D eigenvalue weighted by atomic mass is 9.99. The second-order valence-corrected chi connectivity index (χ2v) is 4.42. The number of carbonyl (C=O) groups is 1. The van der Waals surface area contributed by atoms with Gasteiger partial charge >= 0.3 is 5.97 Å². The molecular weight excluding hydrogens is 204 g/mol. The van der Waals surface area contributed by atoms with E-state index in [1.54, 1.807) is 18.3 Å². The van der Waals surface area contributed by atoms with E-state index in [1.165, 1.54) is 0 Å². The number of carboxylic acid groups (broad SMARTS) is 1. The maximum Gasteiger partial charge on any atom is 0.337 e. The summed E-state index contributed by atoms with van der Waals surface area (Å²) in [5, 5.41) is 9.04. The van der Waals surface area contributed by atoms with Gasteiger partial charge in [-0.05, 0) is 44.5 Å². The Hall–Kier alpha value is -1.42. The second-order valence-electron chi connectivity index (χ2n) is 4.42. The van der Waals surface area contributed by atoms with Gasteiger partial charge in [-0.2, -0.15) is 0 Å². The summed E-state index contributed by atoms with van der Waals surface area (Å²) in [6.45, 7) is 2.13. The van der Waals surface area contributed by atoms with Gasteiger partial charge in [0, 0.05) is 12.7 Å². The van der Waals surface area contributed by atoms with E-state index >= 15 is 0 Å². The third-order valence-electron chi connectivity index (χ3n) is 3.09. The van der Waals surface area contributed by atoms with Crippen LogP contribution < -0.4 is 0 Å². The summed E-state index contributed by atoms with van der Waals surface area (Å²) < 4.78 is 0. The average molecular weight is 220 g/mol. The quantitative estimate of drug-likeness (QED) is 0.833. The molecule has 1 aromatic rings. The van der Waals surface area contributed by atoms with Gasteiger partial charge in [-0.15, -0.1) is 0 Å². The number of likely N-dealkylation sites (tertiary alicyclic amines) is 1. The fourth-order valence-corrected chi connectivity index (χ4v) is 2.26. The Morgan fingerprint density at radius 3 is 3.12 bits per heavy atom. The topological polar surface area (TPSA) is 53.4 Å². The van der Waals surface area contributed by atoms with E-state index in [9.17, 15) is 4.79 Å². The van der Waals surface area contributed by atoms with Gasteiger partial charge < -0.3 is 10.0 Å². The molecule has 2 rings (SSSR count). The van der Waals surface area contributed by atoms with E-state index < -0.39 is 5.97 Å². The van der Waals surface area contributed by atoms with Crippen LogP contribution in [0.1, 0.15) is 22.5 Å². The molecule has 0 saturated carbocycles. The summed E-state index contributed by atoms with van der Waals surface area (Å²) >= 11 is 0. The molecule has 4 nitrogen and oxygen atoms in total. The highest BCUT2D eigenvalue weighted by Gasteiger charge is 2.22. The molecule has 0 amide bonds. The molecule has 1 N–H and O–H groups in total. The Balaban J connectivity index is 2.12. The minimum absolute atomic E-state index is 0.344. The summed E-state index contributed by atoms with van der Waals surface area (Å²) in [6, 6.07) is 3.30. The number of hydrogen-bond donors (Lipinski definition) is 1. The smallest absolute Gasteiger partial charge is 0.337 e. The number of rotatable bonds is 3. The van der Waals surface area contributed by atoms with Crippen LogP contribution in [0.3, 0.4) is 0 Å². The van der Waals surface area contributed by atoms with Crippen molar-refractivity contribution in [2.45, 2.75) is 12.8 Å². The number of hydrogen-bond acceptors (Lipinski definition) is 3. The van der Waals surface area contributed by atoms with Crippen LogP contribution in [0.4, 0.5) is 0 Å². The number of aromatic carboxylic acids is 1. The largest absolute Gasteiger partial charge is 0.478 e. The van der Waals surface area contributed by atoms with Gasteiger partial charge in [-0.3, -0.25) is 4.98 Å². The Labute approximate surface area is 94.9 Å². The molecule has 1 atom stereocenters. The Bertz CT molecular complexity index is 392. The van der Waals surface area contributed by atoms with Crippen molar-refractivity contribution in [3.05, 3.63) is 29.6 Å². The minimum Gasteiger partial charge on any atom is -0.478 e. The van der Waals surface area contributed by atoms with Crippen molar-refractivity contribution in [1.82, 2.24) is 9.88 Å². The van der Waals surface area contributed by atoms with Gasteiger partial charge in [0.25, 0.3) is 0 Å². The van der Waals surface area contributed by atoms with Crippen molar-refractivity contribution in [3.8, 4) is 0 Å². The third kappa shape index (κ3) is 2.39. The molecule has 0 aliphatic carbocycles. The highest BCUT2D eigenvalue weighted by atomic mass is 16.4. The molecular formula is C12H16N2O2. The van der Waals surface area contributed by atoms with E-state index in [2.05, 4.69) is 16.9 Å². The Kier molecular flexibility index (Phi) is 3.19. The van der Waals surface area contributed by atoms with Crippen molar-refractivity contribution in [3.63, 3.8) is 0 Å². The highest BCUT2D eigenvalue weighted by molar-refractivity contribution is 5.88. The summed E-state index contributed by atoms with van der Waals surface area (Å²) in [5.41, 5.74) is 1.06. The van der Waals surface area contributed by atoms with E-state index in [4.69, 9.17) is 5.11 Å². The standard InChI is InChI=1S/C12H16N2O2/c1-14-6-4-9(8-14)7-11-10(12(15)16)3-2-5-13-11/h2-3,5,9H,4,6-8H2,1H3,(H,15,16). The first kappa shape index (κ1) is 11.1. The van der Waals surface area contributed by atoms with Crippen LogP contribution >= 0.6 is 0 Å². The van der Waals surface area contributed by atoms with E-state index in [-0.39, 0.29) is 0 Å². The fourth-order valence-electron chi connectivity index (χ4n) is 2.26. The molecule has 0 bridgehead atoms. The summed E-state index contributed by atoms with van der Waals surface area (Å²) in [6.07, 6.45) is 3.57. The molecule has 1 aliphatic rings. The maximum absolute atomic E-state index is 11.0.